The predicted molar refractivity (Wildman–Crippen MR) is 168 cm³/mol. The third-order valence-corrected chi connectivity index (χ3v) is 13.4. The molecule has 1 nitrogen and oxygen atoms in total. The summed E-state index contributed by atoms with van der Waals surface area (Å²) < 4.78 is 0. The zero-order chi connectivity index (χ0) is 27.0. The van der Waals surface area contributed by atoms with Crippen molar-refractivity contribution in [3.63, 3.8) is 0 Å². The monoisotopic (exact) mass is 542 g/mol. The molecule has 0 saturated heterocycles. The van der Waals surface area contributed by atoms with Gasteiger partial charge in [0.15, 0.2) is 5.12 Å². The molecule has 7 atom stereocenters. The number of unbranched alkanes of at least 4 members (excludes halogenated alkanes) is 10. The number of hydrogen-bond donors (Lipinski definition) is 0. The molecular weight excluding hydrogens is 480 g/mol. The Balaban J connectivity index is 1.27. The largest absolute Gasteiger partial charge is 0.287 e. The highest BCUT2D eigenvalue weighted by Gasteiger charge is 2.58. The van der Waals surface area contributed by atoms with Crippen molar-refractivity contribution in [2.24, 2.45) is 34.5 Å². The quantitative estimate of drug-likeness (QED) is 0.151. The smallest absolute Gasteiger partial charge is 0.189 e. The van der Waals surface area contributed by atoms with Crippen LogP contribution < -0.4 is 0 Å². The Morgan fingerprint density at radius 1 is 0.816 bits per heavy atom. The minimum absolute atomic E-state index is 0.418. The van der Waals surface area contributed by atoms with Crippen molar-refractivity contribution in [2.45, 2.75) is 174 Å². The van der Waals surface area contributed by atoms with Gasteiger partial charge in [-0.1, -0.05) is 122 Å². The average Bonchev–Trinajstić information content (AvgIpc) is 3.24. The lowest BCUT2D eigenvalue weighted by Crippen LogP contribution is -2.50. The van der Waals surface area contributed by atoms with Crippen molar-refractivity contribution in [1.29, 1.82) is 0 Å². The van der Waals surface area contributed by atoms with Crippen LogP contribution in [0.1, 0.15) is 169 Å². The number of hydrogen-bond acceptors (Lipinski definition) is 2. The standard InChI is InChI=1S/C36H62OS/c1-5-7-9-11-13-15-17-28-20-22-32-31-21-19-29-27-30(38-34(37)18-16-14-12-10-8-6-2)23-25-36(29,4)33(31)24-26-35(28,32)3/h19,28,30-33H,5-18,20-27H2,1-4H3/t28-,30-,31-,32-,33-,35+,36-/m0/s1. The summed E-state index contributed by atoms with van der Waals surface area (Å²) in [5.41, 5.74) is 2.78. The molecule has 2 heteroatoms. The fourth-order valence-electron chi connectivity index (χ4n) is 9.78. The molecule has 4 rings (SSSR count). The van der Waals surface area contributed by atoms with Gasteiger partial charge in [-0.05, 0) is 98.7 Å². The van der Waals surface area contributed by atoms with Gasteiger partial charge in [0.1, 0.15) is 0 Å². The first-order valence-corrected chi connectivity index (χ1v) is 18.2. The molecule has 4 aliphatic carbocycles. The molecule has 3 fully saturated rings. The molecule has 0 heterocycles. The van der Waals surface area contributed by atoms with Crippen molar-refractivity contribution in [3.8, 4) is 0 Å². The Bertz CT molecular complexity index is 771. The van der Waals surface area contributed by atoms with Gasteiger partial charge in [-0.25, -0.2) is 0 Å². The number of rotatable bonds is 15. The highest BCUT2D eigenvalue weighted by molar-refractivity contribution is 8.14. The van der Waals surface area contributed by atoms with Crippen LogP contribution in [-0.2, 0) is 4.79 Å². The van der Waals surface area contributed by atoms with Gasteiger partial charge >= 0.3 is 0 Å². The molecular formula is C36H62OS. The number of carbonyl (C=O) groups excluding carboxylic acids is 1. The molecule has 0 bridgehead atoms. The Morgan fingerprint density at radius 2 is 1.50 bits per heavy atom. The van der Waals surface area contributed by atoms with Crippen LogP contribution in [0.4, 0.5) is 0 Å². The van der Waals surface area contributed by atoms with Gasteiger partial charge in [-0.15, -0.1) is 0 Å². The topological polar surface area (TPSA) is 17.1 Å². The second kappa shape index (κ2) is 14.6. The molecule has 0 unspecified atom stereocenters. The predicted octanol–water partition coefficient (Wildman–Crippen LogP) is 11.7. The fraction of sp³-hybridized carbons (Fsp3) is 0.917. The zero-order valence-electron chi connectivity index (χ0n) is 25.8. The zero-order valence-corrected chi connectivity index (χ0v) is 26.7. The third-order valence-electron chi connectivity index (χ3n) is 12.2. The highest BCUT2D eigenvalue weighted by atomic mass is 32.2. The molecule has 4 aliphatic rings. The second-order valence-corrected chi connectivity index (χ2v) is 15.9. The van der Waals surface area contributed by atoms with Gasteiger partial charge in [-0.2, -0.15) is 0 Å². The van der Waals surface area contributed by atoms with E-state index in [-0.39, 0.29) is 0 Å². The summed E-state index contributed by atoms with van der Waals surface area (Å²) in [5.74, 6) is 3.78. The van der Waals surface area contributed by atoms with E-state index in [1.165, 1.54) is 128 Å². The van der Waals surface area contributed by atoms with Crippen molar-refractivity contribution in [2.75, 3.05) is 0 Å². The molecule has 0 spiro atoms. The summed E-state index contributed by atoms with van der Waals surface area (Å²) in [6.07, 6.45) is 32.3. The van der Waals surface area contributed by atoms with E-state index < -0.39 is 0 Å². The van der Waals surface area contributed by atoms with Crippen LogP contribution in [-0.4, -0.2) is 10.4 Å². The van der Waals surface area contributed by atoms with E-state index in [1.807, 2.05) is 0 Å². The summed E-state index contributed by atoms with van der Waals surface area (Å²) in [6.45, 7) is 9.95. The second-order valence-electron chi connectivity index (χ2n) is 14.5. The van der Waals surface area contributed by atoms with E-state index >= 15 is 0 Å². The summed E-state index contributed by atoms with van der Waals surface area (Å²) >= 11 is 1.72. The first-order valence-electron chi connectivity index (χ1n) is 17.3. The maximum atomic E-state index is 12.7. The van der Waals surface area contributed by atoms with Crippen LogP contribution in [0.3, 0.4) is 0 Å². The van der Waals surface area contributed by atoms with Crippen molar-refractivity contribution < 1.29 is 4.79 Å². The molecule has 3 saturated carbocycles. The SMILES string of the molecule is CCCCCCCCC(=O)S[C@H]1CC[C@@]2(C)C(=CC[C@H]3[C@@H]4CC[C@H](CCCCCCCC)[C@@]4(C)CC[C@@H]32)C1. The lowest BCUT2D eigenvalue weighted by molar-refractivity contribution is -0.111. The number of allylic oxidation sites excluding steroid dienone is 2. The van der Waals surface area contributed by atoms with Gasteiger partial charge in [0.05, 0.1) is 0 Å². The molecule has 0 aromatic carbocycles. The summed E-state index contributed by atoms with van der Waals surface area (Å²) in [6, 6.07) is 0. The Labute approximate surface area is 241 Å². The number of fused-ring (bicyclic) bond motifs is 5. The van der Waals surface area contributed by atoms with Crippen molar-refractivity contribution in [1.82, 2.24) is 0 Å². The lowest BCUT2D eigenvalue weighted by Gasteiger charge is -2.58. The normalized spacial score (nSPS) is 36.3. The van der Waals surface area contributed by atoms with E-state index in [1.54, 1.807) is 17.3 Å². The summed E-state index contributed by atoms with van der Waals surface area (Å²) in [7, 11) is 0. The Hall–Kier alpha value is -0.240. The summed E-state index contributed by atoms with van der Waals surface area (Å²) in [5, 5.41) is 1.01. The highest BCUT2D eigenvalue weighted by Crippen LogP contribution is 2.67. The van der Waals surface area contributed by atoms with Gasteiger partial charge in [0, 0.05) is 11.7 Å². The van der Waals surface area contributed by atoms with Gasteiger partial charge in [0.2, 0.25) is 0 Å². The van der Waals surface area contributed by atoms with Crippen LogP contribution in [0.15, 0.2) is 11.6 Å². The average molecular weight is 543 g/mol. The molecule has 218 valence electrons. The first kappa shape index (κ1) is 30.7. The minimum Gasteiger partial charge on any atom is -0.287 e. The van der Waals surface area contributed by atoms with Crippen molar-refractivity contribution in [3.05, 3.63) is 11.6 Å². The van der Waals surface area contributed by atoms with E-state index in [4.69, 9.17) is 0 Å². The molecule has 0 aromatic heterocycles. The van der Waals surface area contributed by atoms with Crippen LogP contribution in [0, 0.1) is 34.5 Å². The van der Waals surface area contributed by atoms with Crippen LogP contribution >= 0.6 is 11.8 Å². The maximum absolute atomic E-state index is 12.7. The van der Waals surface area contributed by atoms with Gasteiger partial charge in [0.25, 0.3) is 0 Å². The Morgan fingerprint density at radius 3 is 2.24 bits per heavy atom. The van der Waals surface area contributed by atoms with Crippen LogP contribution in [0.5, 0.6) is 0 Å². The third kappa shape index (κ3) is 7.15. The van der Waals surface area contributed by atoms with Gasteiger partial charge in [-0.3, -0.25) is 4.79 Å². The van der Waals surface area contributed by atoms with E-state index in [9.17, 15) is 4.79 Å². The maximum Gasteiger partial charge on any atom is 0.189 e. The van der Waals surface area contributed by atoms with E-state index in [0.717, 1.165) is 36.5 Å². The van der Waals surface area contributed by atoms with Crippen molar-refractivity contribution >= 4 is 16.9 Å². The minimum atomic E-state index is 0.418. The first-order chi connectivity index (χ1) is 18.4. The number of carbonyl (C=O) groups is 1. The molecule has 0 N–H and O–H groups in total. The lowest BCUT2D eigenvalue weighted by atomic mass is 9.47. The van der Waals surface area contributed by atoms with E-state index in [2.05, 4.69) is 33.8 Å². The molecule has 0 aliphatic heterocycles. The van der Waals surface area contributed by atoms with Crippen LogP contribution in [0.2, 0.25) is 0 Å². The van der Waals surface area contributed by atoms with Gasteiger partial charge < -0.3 is 0 Å². The van der Waals surface area contributed by atoms with E-state index in [0.29, 0.717) is 21.2 Å². The molecule has 0 amide bonds. The number of thioether (sulfide) groups is 1. The molecule has 0 radical (unpaired) electrons. The Kier molecular flexibility index (Phi) is 11.8. The molecule has 0 aromatic rings. The molecule has 38 heavy (non-hydrogen) atoms. The summed E-state index contributed by atoms with van der Waals surface area (Å²) in [4.78, 5) is 12.7. The van der Waals surface area contributed by atoms with Crippen LogP contribution in [0.25, 0.3) is 0 Å². The fourth-order valence-corrected chi connectivity index (χ4v) is 10.9.